The molecule has 0 heterocycles. The van der Waals surface area contributed by atoms with Gasteiger partial charge in [-0.05, 0) is 5.92 Å². The predicted octanol–water partition coefficient (Wildman–Crippen LogP) is -0.195. The number of aliphatic carboxylic acids is 1. The molecule has 0 amide bonds. The lowest BCUT2D eigenvalue weighted by Crippen LogP contribution is -2.39. The molecule has 0 saturated heterocycles. The SMILES string of the molecule is CC(C)C(O)C(N)CC(=O)O. The number of hydrogen-bond donors (Lipinski definition) is 3. The smallest absolute Gasteiger partial charge is 0.305 e. The molecule has 0 bridgehead atoms. The highest BCUT2D eigenvalue weighted by atomic mass is 16.4. The summed E-state index contributed by atoms with van der Waals surface area (Å²) in [7, 11) is 0. The van der Waals surface area contributed by atoms with Crippen LogP contribution in [0.1, 0.15) is 20.3 Å². The number of aliphatic hydroxyl groups is 1. The van der Waals surface area contributed by atoms with Crippen LogP contribution < -0.4 is 5.73 Å². The molecular formula is C7H15NO3. The van der Waals surface area contributed by atoms with Gasteiger partial charge in [0, 0.05) is 6.04 Å². The molecule has 0 spiro atoms. The van der Waals surface area contributed by atoms with E-state index in [-0.39, 0.29) is 12.3 Å². The van der Waals surface area contributed by atoms with Gasteiger partial charge in [-0.25, -0.2) is 0 Å². The third-order valence-corrected chi connectivity index (χ3v) is 1.53. The van der Waals surface area contributed by atoms with Gasteiger partial charge in [-0.15, -0.1) is 0 Å². The Morgan fingerprint density at radius 1 is 1.55 bits per heavy atom. The molecule has 0 aliphatic heterocycles. The summed E-state index contributed by atoms with van der Waals surface area (Å²) in [5, 5.41) is 17.6. The van der Waals surface area contributed by atoms with E-state index in [0.717, 1.165) is 0 Å². The Hall–Kier alpha value is -0.610. The fourth-order valence-corrected chi connectivity index (χ4v) is 0.817. The Morgan fingerprint density at radius 2 is 2.00 bits per heavy atom. The van der Waals surface area contributed by atoms with Gasteiger partial charge in [0.1, 0.15) is 0 Å². The van der Waals surface area contributed by atoms with Gasteiger partial charge in [-0.2, -0.15) is 0 Å². The zero-order valence-electron chi connectivity index (χ0n) is 6.82. The fourth-order valence-electron chi connectivity index (χ4n) is 0.817. The van der Waals surface area contributed by atoms with E-state index in [1.54, 1.807) is 13.8 Å². The highest BCUT2D eigenvalue weighted by molar-refractivity contribution is 5.67. The summed E-state index contributed by atoms with van der Waals surface area (Å²) in [6.45, 7) is 3.60. The van der Waals surface area contributed by atoms with Gasteiger partial charge in [0.15, 0.2) is 0 Å². The van der Waals surface area contributed by atoms with Crippen LogP contribution in [0.15, 0.2) is 0 Å². The van der Waals surface area contributed by atoms with Crippen LogP contribution in [0, 0.1) is 5.92 Å². The molecule has 2 unspecified atom stereocenters. The van der Waals surface area contributed by atoms with E-state index in [0.29, 0.717) is 0 Å². The van der Waals surface area contributed by atoms with Crippen molar-refractivity contribution in [2.24, 2.45) is 11.7 Å². The molecule has 11 heavy (non-hydrogen) atoms. The first kappa shape index (κ1) is 10.4. The molecule has 2 atom stereocenters. The maximum atomic E-state index is 10.1. The average Bonchev–Trinajstić information content (AvgIpc) is 1.84. The monoisotopic (exact) mass is 161 g/mol. The normalized spacial score (nSPS) is 16.5. The summed E-state index contributed by atoms with van der Waals surface area (Å²) in [4.78, 5) is 10.1. The second kappa shape index (κ2) is 4.31. The topological polar surface area (TPSA) is 83.5 Å². The molecule has 0 aliphatic rings. The summed E-state index contributed by atoms with van der Waals surface area (Å²) < 4.78 is 0. The Labute approximate surface area is 66.0 Å². The van der Waals surface area contributed by atoms with E-state index in [4.69, 9.17) is 10.8 Å². The maximum absolute atomic E-state index is 10.1. The molecule has 0 rings (SSSR count). The number of hydrogen-bond acceptors (Lipinski definition) is 3. The molecular weight excluding hydrogens is 146 g/mol. The third kappa shape index (κ3) is 3.95. The fraction of sp³-hybridized carbons (Fsp3) is 0.857. The zero-order valence-corrected chi connectivity index (χ0v) is 6.82. The van der Waals surface area contributed by atoms with Crippen molar-refractivity contribution in [1.82, 2.24) is 0 Å². The largest absolute Gasteiger partial charge is 0.481 e. The number of nitrogens with two attached hydrogens (primary N) is 1. The van der Waals surface area contributed by atoms with E-state index in [1.807, 2.05) is 0 Å². The van der Waals surface area contributed by atoms with E-state index in [9.17, 15) is 9.90 Å². The first-order valence-electron chi connectivity index (χ1n) is 3.60. The highest BCUT2D eigenvalue weighted by Gasteiger charge is 2.20. The minimum Gasteiger partial charge on any atom is -0.481 e. The van der Waals surface area contributed by atoms with E-state index >= 15 is 0 Å². The Kier molecular flexibility index (Phi) is 4.07. The van der Waals surface area contributed by atoms with E-state index in [1.165, 1.54) is 0 Å². The number of carboxylic acids is 1. The summed E-state index contributed by atoms with van der Waals surface area (Å²) in [5.74, 6) is -0.971. The first-order valence-corrected chi connectivity index (χ1v) is 3.60. The summed E-state index contributed by atoms with van der Waals surface area (Å²) in [6, 6.07) is -0.660. The summed E-state index contributed by atoms with van der Waals surface area (Å²) in [5.41, 5.74) is 5.39. The van der Waals surface area contributed by atoms with Gasteiger partial charge in [-0.1, -0.05) is 13.8 Å². The molecule has 66 valence electrons. The highest BCUT2D eigenvalue weighted by Crippen LogP contribution is 2.06. The van der Waals surface area contributed by atoms with Gasteiger partial charge in [0.25, 0.3) is 0 Å². The molecule has 0 aromatic rings. The van der Waals surface area contributed by atoms with Gasteiger partial charge >= 0.3 is 5.97 Å². The van der Waals surface area contributed by atoms with Gasteiger partial charge in [-0.3, -0.25) is 4.79 Å². The zero-order chi connectivity index (χ0) is 9.02. The van der Waals surface area contributed by atoms with Crippen molar-refractivity contribution in [3.63, 3.8) is 0 Å². The van der Waals surface area contributed by atoms with Gasteiger partial charge in [0.2, 0.25) is 0 Å². The lowest BCUT2D eigenvalue weighted by Gasteiger charge is -2.20. The van der Waals surface area contributed by atoms with Crippen molar-refractivity contribution in [1.29, 1.82) is 0 Å². The molecule has 0 fully saturated rings. The third-order valence-electron chi connectivity index (χ3n) is 1.53. The van der Waals surface area contributed by atoms with Gasteiger partial charge in [0.05, 0.1) is 12.5 Å². The minimum atomic E-state index is -0.975. The van der Waals surface area contributed by atoms with Crippen LogP contribution in [0.4, 0.5) is 0 Å². The second-order valence-corrected chi connectivity index (χ2v) is 3.00. The quantitative estimate of drug-likeness (QED) is 0.533. The number of rotatable bonds is 4. The Balaban J connectivity index is 3.82. The Bertz CT molecular complexity index is 136. The van der Waals surface area contributed by atoms with Crippen LogP contribution in [-0.2, 0) is 4.79 Å². The lowest BCUT2D eigenvalue weighted by molar-refractivity contribution is -0.138. The minimum absolute atomic E-state index is 0.00403. The Morgan fingerprint density at radius 3 is 2.27 bits per heavy atom. The van der Waals surface area contributed by atoms with Crippen molar-refractivity contribution in [2.45, 2.75) is 32.4 Å². The number of aliphatic hydroxyl groups excluding tert-OH is 1. The molecule has 0 aromatic carbocycles. The van der Waals surface area contributed by atoms with Crippen LogP contribution in [0.5, 0.6) is 0 Å². The van der Waals surface area contributed by atoms with Crippen molar-refractivity contribution in [3.8, 4) is 0 Å². The molecule has 4 heteroatoms. The maximum Gasteiger partial charge on any atom is 0.305 e. The molecule has 4 N–H and O–H groups in total. The predicted molar refractivity (Wildman–Crippen MR) is 41.1 cm³/mol. The van der Waals surface area contributed by atoms with Crippen LogP contribution in [0.3, 0.4) is 0 Å². The second-order valence-electron chi connectivity index (χ2n) is 3.00. The molecule has 0 aromatic heterocycles. The van der Waals surface area contributed by atoms with Crippen molar-refractivity contribution in [3.05, 3.63) is 0 Å². The van der Waals surface area contributed by atoms with Crippen LogP contribution >= 0.6 is 0 Å². The molecule has 0 saturated carbocycles. The van der Waals surface area contributed by atoms with Crippen LogP contribution in [0.25, 0.3) is 0 Å². The lowest BCUT2D eigenvalue weighted by atomic mass is 9.98. The molecule has 0 radical (unpaired) electrons. The van der Waals surface area contributed by atoms with Gasteiger partial charge < -0.3 is 15.9 Å². The standard InChI is InChI=1S/C7H15NO3/c1-4(2)7(11)5(8)3-6(9)10/h4-5,7,11H,3,8H2,1-2H3,(H,9,10). The van der Waals surface area contributed by atoms with E-state index in [2.05, 4.69) is 0 Å². The number of carbonyl (C=O) groups is 1. The summed E-state index contributed by atoms with van der Waals surface area (Å²) in [6.07, 6.45) is -0.912. The number of carboxylic acid groups (broad SMARTS) is 1. The van der Waals surface area contributed by atoms with Crippen molar-refractivity contribution < 1.29 is 15.0 Å². The van der Waals surface area contributed by atoms with Crippen LogP contribution in [-0.4, -0.2) is 28.3 Å². The summed E-state index contributed by atoms with van der Waals surface area (Å²) >= 11 is 0. The molecule has 4 nitrogen and oxygen atoms in total. The van der Waals surface area contributed by atoms with Crippen molar-refractivity contribution >= 4 is 5.97 Å². The molecule has 0 aliphatic carbocycles. The van der Waals surface area contributed by atoms with E-state index < -0.39 is 18.1 Å². The van der Waals surface area contributed by atoms with Crippen molar-refractivity contribution in [2.75, 3.05) is 0 Å². The van der Waals surface area contributed by atoms with Crippen LogP contribution in [0.2, 0.25) is 0 Å². The average molecular weight is 161 g/mol. The first-order chi connectivity index (χ1) is 4.95.